The summed E-state index contributed by atoms with van der Waals surface area (Å²) in [4.78, 5) is 15.3. The van der Waals surface area contributed by atoms with E-state index in [0.29, 0.717) is 0 Å². The second-order valence-electron chi connectivity index (χ2n) is 4.36. The number of methoxy groups -OCH3 is 1. The van der Waals surface area contributed by atoms with Gasteiger partial charge in [-0.05, 0) is 17.7 Å². The van der Waals surface area contributed by atoms with Crippen molar-refractivity contribution in [2.24, 2.45) is 0 Å². The second-order valence-corrected chi connectivity index (χ2v) is 4.36. The quantitative estimate of drug-likeness (QED) is 0.883. The van der Waals surface area contributed by atoms with Gasteiger partial charge in [0, 0.05) is 18.2 Å². The number of amides is 1. The Balaban J connectivity index is 1.89. The Labute approximate surface area is 126 Å². The van der Waals surface area contributed by atoms with Crippen LogP contribution < -0.4 is 14.8 Å². The Morgan fingerprint density at radius 2 is 2.09 bits per heavy atom. The van der Waals surface area contributed by atoms with Gasteiger partial charge in [0.15, 0.2) is 0 Å². The van der Waals surface area contributed by atoms with Crippen LogP contribution in [0, 0.1) is 5.82 Å². The van der Waals surface area contributed by atoms with Crippen molar-refractivity contribution in [1.29, 1.82) is 0 Å². The van der Waals surface area contributed by atoms with E-state index in [1.165, 1.54) is 6.07 Å². The van der Waals surface area contributed by atoms with E-state index >= 15 is 0 Å². The molecule has 1 aromatic heterocycles. The Morgan fingerprint density at radius 1 is 1.36 bits per heavy atom. The van der Waals surface area contributed by atoms with Crippen molar-refractivity contribution in [3.8, 4) is 11.6 Å². The highest BCUT2D eigenvalue weighted by Gasteiger charge is 2.09. The van der Waals surface area contributed by atoms with E-state index in [4.69, 9.17) is 14.6 Å². The van der Waals surface area contributed by atoms with Crippen molar-refractivity contribution < 1.29 is 23.8 Å². The van der Waals surface area contributed by atoms with Crippen molar-refractivity contribution >= 4 is 6.09 Å². The first-order valence-corrected chi connectivity index (χ1v) is 6.46. The molecule has 0 saturated heterocycles. The first-order valence-electron chi connectivity index (χ1n) is 6.46. The highest BCUT2D eigenvalue weighted by atomic mass is 19.1. The molecule has 2 aromatic rings. The lowest BCUT2D eigenvalue weighted by molar-refractivity contribution is 0.197. The second kappa shape index (κ2) is 7.37. The third-order valence-corrected chi connectivity index (χ3v) is 2.87. The van der Waals surface area contributed by atoms with Gasteiger partial charge in [-0.15, -0.1) is 0 Å². The van der Waals surface area contributed by atoms with E-state index in [9.17, 15) is 9.18 Å². The van der Waals surface area contributed by atoms with Gasteiger partial charge in [-0.25, -0.2) is 14.2 Å². The zero-order chi connectivity index (χ0) is 15.9. The summed E-state index contributed by atoms with van der Waals surface area (Å²) in [6, 6.07) is 8.33. The number of aliphatic hydroxyl groups excluding tert-OH is 1. The summed E-state index contributed by atoms with van der Waals surface area (Å²) in [5.74, 6) is -0.0236. The molecule has 0 atom stereocenters. The van der Waals surface area contributed by atoms with Crippen LogP contribution in [-0.4, -0.2) is 23.3 Å². The summed E-state index contributed by atoms with van der Waals surface area (Å²) in [6.45, 7) is -0.241. The maximum absolute atomic E-state index is 13.1. The molecule has 0 radical (unpaired) electrons. The third-order valence-electron chi connectivity index (χ3n) is 2.87. The van der Waals surface area contributed by atoms with E-state index in [2.05, 4.69) is 10.3 Å². The van der Waals surface area contributed by atoms with Crippen LogP contribution in [0.15, 0.2) is 36.5 Å². The number of carbonyl (C=O) groups is 1. The average Bonchev–Trinajstić information content (AvgIpc) is 2.55. The topological polar surface area (TPSA) is 80.7 Å². The first-order chi connectivity index (χ1) is 10.6. The predicted octanol–water partition coefficient (Wildman–Crippen LogP) is 2.01. The van der Waals surface area contributed by atoms with E-state index < -0.39 is 18.5 Å². The van der Waals surface area contributed by atoms with Crippen molar-refractivity contribution in [1.82, 2.24) is 10.3 Å². The largest absolute Gasteiger partial charge is 0.497 e. The molecule has 0 aliphatic carbocycles. The number of nitrogens with one attached hydrogen (secondary N) is 1. The minimum absolute atomic E-state index is 0.00737. The van der Waals surface area contributed by atoms with Crippen LogP contribution in [0.4, 0.5) is 9.18 Å². The van der Waals surface area contributed by atoms with Gasteiger partial charge in [-0.2, -0.15) is 0 Å². The molecule has 6 nitrogen and oxygen atoms in total. The maximum Gasteiger partial charge on any atom is 0.414 e. The molecule has 0 aliphatic heterocycles. The number of hydrogen-bond donors (Lipinski definition) is 2. The van der Waals surface area contributed by atoms with Crippen LogP contribution in [-0.2, 0) is 13.2 Å². The van der Waals surface area contributed by atoms with E-state index in [1.54, 1.807) is 31.4 Å². The van der Waals surface area contributed by atoms with Gasteiger partial charge in [0.25, 0.3) is 0 Å². The van der Waals surface area contributed by atoms with Gasteiger partial charge in [-0.3, -0.25) is 0 Å². The summed E-state index contributed by atoms with van der Waals surface area (Å²) < 4.78 is 23.1. The van der Waals surface area contributed by atoms with E-state index in [1.807, 2.05) is 0 Å². The van der Waals surface area contributed by atoms with Crippen molar-refractivity contribution in [2.45, 2.75) is 13.2 Å². The standard InChI is InChI=1S/C15H15FN2O4/c1-21-12-4-2-10(3-5-12)7-18-15(20)22-14-6-11(9-19)13(16)8-17-14/h2-6,8,19H,7,9H2,1H3,(H,18,20). The summed E-state index contributed by atoms with van der Waals surface area (Å²) in [7, 11) is 1.57. The monoisotopic (exact) mass is 306 g/mol. The molecule has 22 heavy (non-hydrogen) atoms. The third kappa shape index (κ3) is 4.16. The molecule has 116 valence electrons. The summed E-state index contributed by atoms with van der Waals surface area (Å²) in [5.41, 5.74) is 0.869. The first kappa shape index (κ1) is 15.7. The number of pyridine rings is 1. The van der Waals surface area contributed by atoms with Crippen LogP contribution >= 0.6 is 0 Å². The van der Waals surface area contributed by atoms with Crippen LogP contribution in [0.5, 0.6) is 11.6 Å². The van der Waals surface area contributed by atoms with E-state index in [0.717, 1.165) is 17.5 Å². The fraction of sp³-hybridized carbons (Fsp3) is 0.200. The number of halogens is 1. The number of ether oxygens (including phenoxy) is 2. The van der Waals surface area contributed by atoms with Crippen LogP contribution in [0.3, 0.4) is 0 Å². The number of aliphatic hydroxyl groups is 1. The fourth-order valence-electron chi connectivity index (χ4n) is 1.68. The molecule has 0 bridgehead atoms. The molecule has 0 fully saturated rings. The lowest BCUT2D eigenvalue weighted by atomic mass is 10.2. The molecule has 1 heterocycles. The molecule has 7 heteroatoms. The lowest BCUT2D eigenvalue weighted by Gasteiger charge is -2.07. The van der Waals surface area contributed by atoms with Gasteiger partial charge in [0.1, 0.15) is 11.6 Å². The number of carbonyl (C=O) groups excluding carboxylic acids is 1. The molecule has 1 amide bonds. The fourth-order valence-corrected chi connectivity index (χ4v) is 1.68. The number of hydrogen-bond acceptors (Lipinski definition) is 5. The molecule has 0 aliphatic rings. The Bertz CT molecular complexity index is 646. The molecule has 0 spiro atoms. The molecule has 0 saturated carbocycles. The molecular formula is C15H15FN2O4. The molecular weight excluding hydrogens is 291 g/mol. The Kier molecular flexibility index (Phi) is 5.26. The van der Waals surface area contributed by atoms with Gasteiger partial charge < -0.3 is 19.9 Å². The summed E-state index contributed by atoms with van der Waals surface area (Å²) >= 11 is 0. The molecule has 2 N–H and O–H groups in total. The molecule has 1 aromatic carbocycles. The zero-order valence-electron chi connectivity index (χ0n) is 11.9. The van der Waals surface area contributed by atoms with E-state index in [-0.39, 0.29) is 18.0 Å². The smallest absolute Gasteiger partial charge is 0.414 e. The van der Waals surface area contributed by atoms with Crippen LogP contribution in [0.25, 0.3) is 0 Å². The minimum atomic E-state index is -0.723. The van der Waals surface area contributed by atoms with Gasteiger partial charge in [0.05, 0.1) is 19.9 Å². The average molecular weight is 306 g/mol. The van der Waals surface area contributed by atoms with Gasteiger partial charge in [-0.1, -0.05) is 12.1 Å². The normalized spacial score (nSPS) is 10.1. The van der Waals surface area contributed by atoms with Crippen LogP contribution in [0.2, 0.25) is 0 Å². The SMILES string of the molecule is COc1ccc(CNC(=O)Oc2cc(CO)c(F)cn2)cc1. The van der Waals surface area contributed by atoms with Crippen molar-refractivity contribution in [2.75, 3.05) is 7.11 Å². The highest BCUT2D eigenvalue weighted by Crippen LogP contribution is 2.14. The minimum Gasteiger partial charge on any atom is -0.497 e. The number of rotatable bonds is 5. The van der Waals surface area contributed by atoms with Gasteiger partial charge >= 0.3 is 6.09 Å². The van der Waals surface area contributed by atoms with Crippen molar-refractivity contribution in [3.05, 3.63) is 53.5 Å². The highest BCUT2D eigenvalue weighted by molar-refractivity contribution is 5.69. The van der Waals surface area contributed by atoms with Crippen LogP contribution in [0.1, 0.15) is 11.1 Å². The Hall–Kier alpha value is -2.67. The van der Waals surface area contributed by atoms with Gasteiger partial charge in [0.2, 0.25) is 5.88 Å². The Morgan fingerprint density at radius 3 is 2.73 bits per heavy atom. The number of benzene rings is 1. The summed E-state index contributed by atoms with van der Waals surface area (Å²) in [6.07, 6.45) is 0.163. The number of nitrogens with zero attached hydrogens (tertiary/aromatic N) is 1. The molecule has 0 unspecified atom stereocenters. The lowest BCUT2D eigenvalue weighted by Crippen LogP contribution is -2.26. The maximum atomic E-state index is 13.1. The summed E-state index contributed by atoms with van der Waals surface area (Å²) in [5, 5.41) is 11.5. The zero-order valence-corrected chi connectivity index (χ0v) is 11.9. The number of aromatic nitrogens is 1. The molecule has 2 rings (SSSR count). The predicted molar refractivity (Wildman–Crippen MR) is 76.0 cm³/mol. The van der Waals surface area contributed by atoms with Crippen molar-refractivity contribution in [3.63, 3.8) is 0 Å².